The minimum Gasteiger partial charge on any atom is -0.444 e. The van der Waals surface area contributed by atoms with Crippen molar-refractivity contribution in [2.45, 2.75) is 124 Å². The maximum absolute atomic E-state index is 12.0. The molecule has 0 aromatic rings. The number of hydrogen-bond donors (Lipinski definition) is 4. The lowest BCUT2D eigenvalue weighted by Crippen LogP contribution is -2.46. The van der Waals surface area contributed by atoms with Crippen LogP contribution < -0.4 is 21.3 Å². The lowest BCUT2D eigenvalue weighted by Gasteiger charge is -2.21. The Morgan fingerprint density at radius 1 is 0.571 bits per heavy atom. The van der Waals surface area contributed by atoms with Gasteiger partial charge in [-0.25, -0.2) is 9.59 Å². The van der Waals surface area contributed by atoms with E-state index in [0.717, 1.165) is 44.9 Å². The average molecular weight is 501 g/mol. The van der Waals surface area contributed by atoms with E-state index in [1.807, 2.05) is 0 Å². The van der Waals surface area contributed by atoms with Gasteiger partial charge in [0.15, 0.2) is 0 Å². The predicted octanol–water partition coefficient (Wildman–Crippen LogP) is 3.78. The van der Waals surface area contributed by atoms with Crippen LogP contribution in [0.25, 0.3) is 0 Å². The first-order chi connectivity index (χ1) is 16.1. The van der Waals surface area contributed by atoms with Gasteiger partial charge in [-0.2, -0.15) is 0 Å². The quantitative estimate of drug-likeness (QED) is 0.268. The number of hydrogen-bond acceptors (Lipinski definition) is 6. The number of unbranched alkanes of at least 4 members (excludes halogenated alkanes) is 6. The Morgan fingerprint density at radius 2 is 0.857 bits per heavy atom. The SMILES string of the molecule is C[C@H](NC(=O)OC(C)(C)C)C(=O)NCCCCCCCCCNC(=O)[C@H](C)NC(=O)OC(C)(C)C. The molecular formula is C25H48N4O6. The van der Waals surface area contributed by atoms with Crippen molar-refractivity contribution in [3.05, 3.63) is 0 Å². The second-order valence-corrected chi connectivity index (χ2v) is 10.8. The van der Waals surface area contributed by atoms with Gasteiger partial charge < -0.3 is 30.7 Å². The molecule has 0 spiro atoms. The van der Waals surface area contributed by atoms with E-state index in [1.54, 1.807) is 55.4 Å². The summed E-state index contributed by atoms with van der Waals surface area (Å²) in [7, 11) is 0. The highest BCUT2D eigenvalue weighted by Crippen LogP contribution is 2.08. The van der Waals surface area contributed by atoms with Crippen LogP contribution in [0.5, 0.6) is 0 Å². The summed E-state index contributed by atoms with van der Waals surface area (Å²) < 4.78 is 10.3. The van der Waals surface area contributed by atoms with Crippen LogP contribution in [-0.2, 0) is 19.1 Å². The Balaban J connectivity index is 3.70. The summed E-state index contributed by atoms with van der Waals surface area (Å²) in [5.41, 5.74) is -1.21. The zero-order valence-corrected chi connectivity index (χ0v) is 23.0. The summed E-state index contributed by atoms with van der Waals surface area (Å²) in [5, 5.41) is 10.7. The molecule has 35 heavy (non-hydrogen) atoms. The molecule has 0 bridgehead atoms. The highest BCUT2D eigenvalue weighted by Gasteiger charge is 2.21. The molecule has 4 N–H and O–H groups in total. The number of rotatable bonds is 14. The zero-order valence-electron chi connectivity index (χ0n) is 23.0. The first kappa shape index (κ1) is 32.5. The van der Waals surface area contributed by atoms with Gasteiger partial charge in [-0.15, -0.1) is 0 Å². The van der Waals surface area contributed by atoms with Gasteiger partial charge in [-0.1, -0.05) is 32.1 Å². The maximum atomic E-state index is 12.0. The first-order valence-electron chi connectivity index (χ1n) is 12.6. The predicted molar refractivity (Wildman–Crippen MR) is 136 cm³/mol. The van der Waals surface area contributed by atoms with Gasteiger partial charge >= 0.3 is 12.2 Å². The van der Waals surface area contributed by atoms with E-state index in [9.17, 15) is 19.2 Å². The van der Waals surface area contributed by atoms with Crippen molar-refractivity contribution in [2.75, 3.05) is 13.1 Å². The molecule has 10 nitrogen and oxygen atoms in total. The second kappa shape index (κ2) is 16.2. The second-order valence-electron chi connectivity index (χ2n) is 10.8. The molecule has 204 valence electrons. The highest BCUT2D eigenvalue weighted by molar-refractivity contribution is 5.85. The fraction of sp³-hybridized carbons (Fsp3) is 0.840. The van der Waals surface area contributed by atoms with Gasteiger partial charge in [0.1, 0.15) is 23.3 Å². The molecule has 0 saturated carbocycles. The number of carbonyl (C=O) groups is 4. The van der Waals surface area contributed by atoms with Crippen LogP contribution in [0.1, 0.15) is 100 Å². The molecule has 0 aliphatic carbocycles. The van der Waals surface area contributed by atoms with Crippen LogP contribution in [0, 0.1) is 0 Å². The Kier molecular flexibility index (Phi) is 15.0. The molecular weight excluding hydrogens is 452 g/mol. The fourth-order valence-corrected chi connectivity index (χ4v) is 2.96. The molecule has 0 heterocycles. The molecule has 0 aromatic carbocycles. The monoisotopic (exact) mass is 500 g/mol. The van der Waals surface area contributed by atoms with Gasteiger partial charge in [-0.3, -0.25) is 9.59 Å². The van der Waals surface area contributed by atoms with E-state index in [0.29, 0.717) is 13.1 Å². The summed E-state index contributed by atoms with van der Waals surface area (Å²) in [6, 6.07) is -1.30. The van der Waals surface area contributed by atoms with Gasteiger partial charge in [-0.05, 0) is 68.2 Å². The summed E-state index contributed by atoms with van der Waals surface area (Å²) >= 11 is 0. The summed E-state index contributed by atoms with van der Waals surface area (Å²) in [5.74, 6) is -0.456. The van der Waals surface area contributed by atoms with Crippen molar-refractivity contribution in [3.63, 3.8) is 0 Å². The Hall–Kier alpha value is -2.52. The fourth-order valence-electron chi connectivity index (χ4n) is 2.96. The van der Waals surface area contributed by atoms with E-state index < -0.39 is 35.5 Å². The van der Waals surface area contributed by atoms with Gasteiger partial charge in [0.2, 0.25) is 11.8 Å². The van der Waals surface area contributed by atoms with E-state index in [-0.39, 0.29) is 11.8 Å². The van der Waals surface area contributed by atoms with Crippen LogP contribution in [-0.4, -0.2) is 60.4 Å². The molecule has 0 radical (unpaired) electrons. The summed E-state index contributed by atoms with van der Waals surface area (Å²) in [6.45, 7) is 15.0. The maximum Gasteiger partial charge on any atom is 0.408 e. The molecule has 0 unspecified atom stereocenters. The average Bonchev–Trinajstić information content (AvgIpc) is 2.68. The first-order valence-corrected chi connectivity index (χ1v) is 12.6. The van der Waals surface area contributed by atoms with Crippen LogP contribution in [0.3, 0.4) is 0 Å². The molecule has 2 atom stereocenters. The molecule has 4 amide bonds. The lowest BCUT2D eigenvalue weighted by atomic mass is 10.1. The topological polar surface area (TPSA) is 135 Å². The molecule has 0 fully saturated rings. The van der Waals surface area contributed by atoms with E-state index >= 15 is 0 Å². The van der Waals surface area contributed by atoms with Crippen LogP contribution in [0.2, 0.25) is 0 Å². The molecule has 0 rings (SSSR count). The van der Waals surface area contributed by atoms with Gasteiger partial charge in [0.25, 0.3) is 0 Å². The largest absolute Gasteiger partial charge is 0.444 e. The normalized spacial score (nSPS) is 13.3. The molecule has 0 aliphatic heterocycles. The lowest BCUT2D eigenvalue weighted by molar-refractivity contribution is -0.123. The minimum absolute atomic E-state index is 0.228. The smallest absolute Gasteiger partial charge is 0.408 e. The molecule has 0 saturated heterocycles. The number of nitrogens with one attached hydrogen (secondary N) is 4. The van der Waals surface area contributed by atoms with E-state index in [1.165, 1.54) is 0 Å². The molecule has 0 aliphatic rings. The van der Waals surface area contributed by atoms with Crippen molar-refractivity contribution < 1.29 is 28.7 Å². The third kappa shape index (κ3) is 19.5. The van der Waals surface area contributed by atoms with Crippen molar-refractivity contribution in [3.8, 4) is 0 Å². The number of carbonyl (C=O) groups excluding carboxylic acids is 4. The van der Waals surface area contributed by atoms with E-state index in [2.05, 4.69) is 21.3 Å². The van der Waals surface area contributed by atoms with Gasteiger partial charge in [0, 0.05) is 13.1 Å². The third-order valence-electron chi connectivity index (χ3n) is 4.71. The number of alkyl carbamates (subject to hydrolysis) is 2. The Labute approximate surface area is 211 Å². The van der Waals surface area contributed by atoms with Crippen LogP contribution in [0.4, 0.5) is 9.59 Å². The van der Waals surface area contributed by atoms with Crippen molar-refractivity contribution in [1.29, 1.82) is 0 Å². The Bertz CT molecular complexity index is 614. The summed E-state index contributed by atoms with van der Waals surface area (Å²) in [4.78, 5) is 47.5. The number of ether oxygens (including phenoxy) is 2. The summed E-state index contributed by atoms with van der Waals surface area (Å²) in [6.07, 6.45) is 5.81. The van der Waals surface area contributed by atoms with Gasteiger partial charge in [0.05, 0.1) is 0 Å². The zero-order chi connectivity index (χ0) is 27.1. The van der Waals surface area contributed by atoms with E-state index in [4.69, 9.17) is 9.47 Å². The molecule has 0 aromatic heterocycles. The van der Waals surface area contributed by atoms with Crippen molar-refractivity contribution in [2.24, 2.45) is 0 Å². The third-order valence-corrected chi connectivity index (χ3v) is 4.71. The van der Waals surface area contributed by atoms with Crippen molar-refractivity contribution >= 4 is 24.0 Å². The standard InChI is InChI=1S/C25H48N4O6/c1-18(28-22(32)34-24(3,4)5)20(30)26-16-14-12-10-9-11-13-15-17-27-21(31)19(2)29-23(33)35-25(6,7)8/h18-19H,9-17H2,1-8H3,(H,26,30)(H,27,31)(H,28,32)(H,29,33)/t18-,19-/m0/s1. The van der Waals surface area contributed by atoms with Crippen LogP contribution in [0.15, 0.2) is 0 Å². The Morgan fingerprint density at radius 3 is 1.14 bits per heavy atom. The molecule has 10 heteroatoms. The number of amides is 4. The van der Waals surface area contributed by atoms with Crippen LogP contribution >= 0.6 is 0 Å². The van der Waals surface area contributed by atoms with Crippen molar-refractivity contribution in [1.82, 2.24) is 21.3 Å². The minimum atomic E-state index is -0.651. The highest BCUT2D eigenvalue weighted by atomic mass is 16.6.